The first kappa shape index (κ1) is 24.9. The summed E-state index contributed by atoms with van der Waals surface area (Å²) in [4.78, 5) is 23.5. The maximum Gasteiger partial charge on any atom is 0.405 e. The topological polar surface area (TPSA) is 107 Å². The van der Waals surface area contributed by atoms with Gasteiger partial charge in [-0.2, -0.15) is 17.2 Å². The number of ether oxygens (including phenoxy) is 2. The highest BCUT2D eigenvalue weighted by molar-refractivity contribution is 7.86. The van der Waals surface area contributed by atoms with E-state index in [-0.39, 0.29) is 24.7 Å². The van der Waals surface area contributed by atoms with Crippen LogP contribution in [-0.2, 0) is 43.4 Å². The number of alkyl halides is 2. The third-order valence-corrected chi connectivity index (χ3v) is 4.67. The number of halogens is 2. The molecule has 0 aliphatic carbocycles. The van der Waals surface area contributed by atoms with E-state index in [4.69, 9.17) is 32.8 Å². The second-order valence-corrected chi connectivity index (χ2v) is 7.22. The van der Waals surface area contributed by atoms with Gasteiger partial charge in [0.1, 0.15) is 5.75 Å². The van der Waals surface area contributed by atoms with E-state index in [1.54, 1.807) is 12.1 Å². The molecule has 0 heterocycles. The summed E-state index contributed by atoms with van der Waals surface area (Å²) < 4.78 is 65.6. The summed E-state index contributed by atoms with van der Waals surface area (Å²) >= 11 is 0. The first-order valence-corrected chi connectivity index (χ1v) is 9.51. The number of hydrogen-bond donors (Lipinski definition) is 1. The maximum atomic E-state index is 13.3. The van der Waals surface area contributed by atoms with E-state index < -0.39 is 33.4 Å². The number of benzene rings is 1. The lowest BCUT2D eigenvalue weighted by Gasteiger charge is -2.19. The van der Waals surface area contributed by atoms with Crippen LogP contribution in [0.5, 0.6) is 5.75 Å². The van der Waals surface area contributed by atoms with Gasteiger partial charge in [-0.15, -0.1) is 0 Å². The lowest BCUT2D eigenvalue weighted by atomic mass is 9.85. The molecule has 1 rings (SSSR count). The Hall–Kier alpha value is -2.14. The molecule has 1 atom stereocenters. The van der Waals surface area contributed by atoms with Crippen molar-refractivity contribution in [3.05, 3.63) is 41.0 Å². The van der Waals surface area contributed by atoms with Gasteiger partial charge in [-0.05, 0) is 18.1 Å². The molecule has 0 spiro atoms. The van der Waals surface area contributed by atoms with Crippen LogP contribution in [0.2, 0.25) is 0 Å². The van der Waals surface area contributed by atoms with Gasteiger partial charge in [0.05, 0.1) is 23.5 Å². The smallest absolute Gasteiger partial charge is 0.405 e. The minimum Gasteiger partial charge on any atom is -0.452 e. The van der Waals surface area contributed by atoms with E-state index in [9.17, 15) is 26.8 Å². The Morgan fingerprint density at radius 3 is 2.00 bits per heavy atom. The predicted octanol–water partition coefficient (Wildman–Crippen LogP) is 0.566. The van der Waals surface area contributed by atoms with E-state index in [2.05, 4.69) is 4.74 Å². The van der Waals surface area contributed by atoms with Crippen LogP contribution in [0.3, 0.4) is 0 Å². The molecular formula is C16H15B3F2O7S. The largest absolute Gasteiger partial charge is 0.452 e. The molecule has 13 heteroatoms. The number of carbonyl (C=O) groups excluding carboxylic acids is 2. The van der Waals surface area contributed by atoms with Crippen molar-refractivity contribution in [3.8, 4) is 5.75 Å². The summed E-state index contributed by atoms with van der Waals surface area (Å²) in [6.45, 7) is 0.553. The van der Waals surface area contributed by atoms with E-state index >= 15 is 0 Å². The van der Waals surface area contributed by atoms with Crippen LogP contribution in [-0.4, -0.2) is 59.8 Å². The Balaban J connectivity index is 2.90. The summed E-state index contributed by atoms with van der Waals surface area (Å²) in [5, 5.41) is -4.73. The Morgan fingerprint density at radius 1 is 1.10 bits per heavy atom. The summed E-state index contributed by atoms with van der Waals surface area (Å²) in [5.74, 6) is -2.46. The van der Waals surface area contributed by atoms with Crippen LogP contribution in [0, 0.1) is 0 Å². The van der Waals surface area contributed by atoms with Crippen LogP contribution in [0.15, 0.2) is 24.3 Å². The molecule has 0 amide bonds. The molecule has 150 valence electrons. The van der Waals surface area contributed by atoms with Gasteiger partial charge < -0.3 is 9.47 Å². The first-order valence-electron chi connectivity index (χ1n) is 8.07. The first-order chi connectivity index (χ1) is 13.4. The van der Waals surface area contributed by atoms with Crippen LogP contribution in [0.25, 0.3) is 0 Å². The van der Waals surface area contributed by atoms with Crippen molar-refractivity contribution in [1.82, 2.24) is 0 Å². The minimum atomic E-state index is -5.80. The van der Waals surface area contributed by atoms with Gasteiger partial charge in [0.15, 0.2) is 6.10 Å². The molecule has 0 aliphatic rings. The van der Waals surface area contributed by atoms with E-state index in [1.807, 2.05) is 0 Å². The molecule has 7 nitrogen and oxygen atoms in total. The average molecular weight is 422 g/mol. The van der Waals surface area contributed by atoms with Gasteiger partial charge >= 0.3 is 27.3 Å². The number of esters is 2. The lowest BCUT2D eigenvalue weighted by molar-refractivity contribution is -0.153. The predicted molar refractivity (Wildman–Crippen MR) is 102 cm³/mol. The highest BCUT2D eigenvalue weighted by atomic mass is 32.2. The summed E-state index contributed by atoms with van der Waals surface area (Å²) in [6, 6.07) is 3.22. The molecule has 0 saturated carbocycles. The van der Waals surface area contributed by atoms with Crippen LogP contribution in [0.4, 0.5) is 8.78 Å². The number of carbonyl (C=O) groups is 2. The molecule has 1 aromatic rings. The zero-order valence-electron chi connectivity index (χ0n) is 15.3. The van der Waals surface area contributed by atoms with Crippen molar-refractivity contribution in [2.45, 2.75) is 37.2 Å². The summed E-state index contributed by atoms with van der Waals surface area (Å²) in [5.41, 5.74) is 1.57. The van der Waals surface area contributed by atoms with Crippen molar-refractivity contribution >= 4 is 45.6 Å². The van der Waals surface area contributed by atoms with Crippen molar-refractivity contribution in [2.24, 2.45) is 0 Å². The maximum absolute atomic E-state index is 13.3. The molecule has 1 N–H and O–H groups in total. The third-order valence-electron chi connectivity index (χ3n) is 3.65. The quantitative estimate of drug-likeness (QED) is 0.204. The SMILES string of the molecule is [B]Cc1cc(C[B])c(OC(=O)/C=C\C(=O)OC(C)C(F)(F)S(=O)(=O)O)c(C[B])c1. The molecule has 0 aliphatic heterocycles. The Bertz CT molecular complexity index is 879. The highest BCUT2D eigenvalue weighted by Crippen LogP contribution is 2.28. The van der Waals surface area contributed by atoms with E-state index in [1.165, 1.54) is 0 Å². The molecular weight excluding hydrogens is 407 g/mol. The normalized spacial score (nSPS) is 13.2. The van der Waals surface area contributed by atoms with Gasteiger partial charge in [0.2, 0.25) is 0 Å². The molecule has 0 aromatic heterocycles. The van der Waals surface area contributed by atoms with Gasteiger partial charge in [-0.1, -0.05) is 36.7 Å². The molecule has 0 fully saturated rings. The molecule has 1 unspecified atom stereocenters. The summed E-state index contributed by atoms with van der Waals surface area (Å²) in [6.07, 6.45) is -1.28. The fourth-order valence-corrected chi connectivity index (χ4v) is 2.61. The fourth-order valence-electron chi connectivity index (χ4n) is 2.14. The van der Waals surface area contributed by atoms with Crippen LogP contribution < -0.4 is 4.74 Å². The average Bonchev–Trinajstić information content (AvgIpc) is 2.65. The Kier molecular flexibility index (Phi) is 8.64. The molecule has 0 saturated heterocycles. The fraction of sp³-hybridized carbons (Fsp3) is 0.375. The van der Waals surface area contributed by atoms with Crippen LogP contribution >= 0.6 is 0 Å². The Morgan fingerprint density at radius 2 is 1.59 bits per heavy atom. The second-order valence-electron chi connectivity index (χ2n) is 5.73. The van der Waals surface area contributed by atoms with Crippen molar-refractivity contribution in [3.63, 3.8) is 0 Å². The van der Waals surface area contributed by atoms with Gasteiger partial charge in [-0.25, -0.2) is 9.59 Å². The van der Waals surface area contributed by atoms with Gasteiger partial charge in [-0.3, -0.25) is 4.55 Å². The second kappa shape index (κ2) is 10.1. The molecule has 29 heavy (non-hydrogen) atoms. The van der Waals surface area contributed by atoms with Gasteiger partial charge in [0, 0.05) is 12.2 Å². The highest BCUT2D eigenvalue weighted by Gasteiger charge is 2.51. The minimum absolute atomic E-state index is 0.00254. The van der Waals surface area contributed by atoms with Crippen molar-refractivity contribution < 1.29 is 40.8 Å². The molecule has 0 bridgehead atoms. The standard InChI is InChI=1S/C16H15B3F2O7S/c1-9(16(20,21)29(24,25)26)27-13(22)2-3-14(23)28-15-11(7-18)4-10(6-17)5-12(15)8-19/h2-5,9H,6-8H2,1H3,(H,24,25,26)/b3-2-. The van der Waals surface area contributed by atoms with E-state index in [0.717, 1.165) is 0 Å². The third kappa shape index (κ3) is 6.43. The monoisotopic (exact) mass is 422 g/mol. The summed E-state index contributed by atoms with van der Waals surface area (Å²) in [7, 11) is 11.0. The lowest BCUT2D eigenvalue weighted by Crippen LogP contribution is -2.41. The van der Waals surface area contributed by atoms with E-state index in [0.29, 0.717) is 35.8 Å². The molecule has 6 radical (unpaired) electrons. The van der Waals surface area contributed by atoms with Crippen molar-refractivity contribution in [1.29, 1.82) is 0 Å². The zero-order chi connectivity index (χ0) is 22.4. The number of hydrogen-bond acceptors (Lipinski definition) is 6. The van der Waals surface area contributed by atoms with Gasteiger partial charge in [0.25, 0.3) is 0 Å². The van der Waals surface area contributed by atoms with Crippen molar-refractivity contribution in [2.75, 3.05) is 0 Å². The molecule has 1 aromatic carbocycles. The Labute approximate surface area is 170 Å². The zero-order valence-corrected chi connectivity index (χ0v) is 16.1. The number of rotatable bonds is 9. The van der Waals surface area contributed by atoms with Crippen LogP contribution in [0.1, 0.15) is 23.6 Å².